The highest BCUT2D eigenvalue weighted by Crippen LogP contribution is 1.90. The molecule has 0 aliphatic rings. The first-order valence-electron chi connectivity index (χ1n) is 3.09. The van der Waals surface area contributed by atoms with E-state index in [2.05, 4.69) is 0 Å². The first-order valence-corrected chi connectivity index (χ1v) is 3.09. The van der Waals surface area contributed by atoms with Gasteiger partial charge in [-0.15, -0.1) is 0 Å². The summed E-state index contributed by atoms with van der Waals surface area (Å²) >= 11 is 0. The Morgan fingerprint density at radius 3 is 2.70 bits per heavy atom. The molecule has 0 saturated carbocycles. The fourth-order valence-electron chi connectivity index (χ4n) is 0.541. The molecule has 0 unspecified atom stereocenters. The van der Waals surface area contributed by atoms with Crippen LogP contribution in [-0.4, -0.2) is 32.3 Å². The maximum Gasteiger partial charge on any atom is 0.320 e. The predicted octanol–water partition coefficient (Wildman–Crippen LogP) is -0.477. The van der Waals surface area contributed by atoms with Crippen molar-refractivity contribution in [1.82, 2.24) is 0 Å². The first-order chi connectivity index (χ1) is 4.70. The van der Waals surface area contributed by atoms with E-state index in [1.165, 1.54) is 0 Å². The van der Waals surface area contributed by atoms with Gasteiger partial charge in [0.05, 0.1) is 13.2 Å². The van der Waals surface area contributed by atoms with E-state index >= 15 is 0 Å². The van der Waals surface area contributed by atoms with Crippen molar-refractivity contribution in [2.24, 2.45) is 5.73 Å². The number of carbonyl (C=O) groups excluding carboxylic acids is 1. The van der Waals surface area contributed by atoms with Gasteiger partial charge in [0.1, 0.15) is 6.10 Å². The van der Waals surface area contributed by atoms with Crippen LogP contribution in [0.1, 0.15) is 6.92 Å². The van der Waals surface area contributed by atoms with Crippen LogP contribution in [0.15, 0.2) is 0 Å². The van der Waals surface area contributed by atoms with Gasteiger partial charge in [0.25, 0.3) is 0 Å². The molecule has 2 N–H and O–H groups in total. The maximum atomic E-state index is 10.5. The number of nitrogens with two attached hydrogens (primary N) is 1. The minimum absolute atomic E-state index is 0.0753. The lowest BCUT2D eigenvalue weighted by molar-refractivity contribution is -0.148. The van der Waals surface area contributed by atoms with Crippen LogP contribution in [0.25, 0.3) is 0 Å². The van der Waals surface area contributed by atoms with Crippen molar-refractivity contribution < 1.29 is 14.3 Å². The van der Waals surface area contributed by atoms with E-state index < -0.39 is 5.97 Å². The Morgan fingerprint density at radius 2 is 2.30 bits per heavy atom. The average Bonchev–Trinajstić information content (AvgIpc) is 1.88. The number of ether oxygens (including phenoxy) is 2. The van der Waals surface area contributed by atoms with Crippen molar-refractivity contribution >= 4 is 5.97 Å². The van der Waals surface area contributed by atoms with Crippen molar-refractivity contribution in [2.75, 3.05) is 20.3 Å². The van der Waals surface area contributed by atoms with Crippen LogP contribution in [0.2, 0.25) is 0 Å². The fraction of sp³-hybridized carbons (Fsp3) is 0.833. The third-order valence-electron chi connectivity index (χ3n) is 0.901. The van der Waals surface area contributed by atoms with E-state index in [1.807, 2.05) is 0 Å². The summed E-state index contributed by atoms with van der Waals surface area (Å²) in [6.07, 6.45) is -0.207. The molecule has 4 heteroatoms. The minimum atomic E-state index is -0.399. The molecule has 0 radical (unpaired) electrons. The van der Waals surface area contributed by atoms with Gasteiger partial charge < -0.3 is 15.2 Å². The second-order valence-corrected chi connectivity index (χ2v) is 1.96. The number of hydrogen-bond acceptors (Lipinski definition) is 4. The highest BCUT2D eigenvalue weighted by Gasteiger charge is 2.05. The Kier molecular flexibility index (Phi) is 4.88. The lowest BCUT2D eigenvalue weighted by Crippen LogP contribution is -2.24. The second-order valence-electron chi connectivity index (χ2n) is 1.96. The molecular weight excluding hydrogens is 134 g/mol. The lowest BCUT2D eigenvalue weighted by atomic mass is 10.4. The highest BCUT2D eigenvalue weighted by molar-refractivity contribution is 5.71. The molecule has 0 heterocycles. The predicted molar refractivity (Wildman–Crippen MR) is 36.5 cm³/mol. The smallest absolute Gasteiger partial charge is 0.320 e. The molecule has 0 saturated heterocycles. The number of esters is 1. The zero-order valence-corrected chi connectivity index (χ0v) is 6.29. The first kappa shape index (κ1) is 9.39. The number of carbonyl (C=O) groups is 1. The molecule has 1 atom stereocenters. The van der Waals surface area contributed by atoms with Crippen LogP contribution in [0, 0.1) is 0 Å². The van der Waals surface area contributed by atoms with Crippen molar-refractivity contribution in [2.45, 2.75) is 13.0 Å². The Hall–Kier alpha value is -0.610. The summed E-state index contributed by atoms with van der Waals surface area (Å²) in [6.45, 7) is 2.08. The van der Waals surface area contributed by atoms with Crippen molar-refractivity contribution in [3.05, 3.63) is 0 Å². The SMILES string of the molecule is COC[C@H](C)OC(=O)CN. The molecule has 4 nitrogen and oxygen atoms in total. The van der Waals surface area contributed by atoms with Crippen LogP contribution in [-0.2, 0) is 14.3 Å². The molecule has 0 aromatic rings. The standard InChI is InChI=1S/C6H13NO3/c1-5(4-9-2)10-6(8)3-7/h5H,3-4,7H2,1-2H3/t5-/m0/s1. The summed E-state index contributed by atoms with van der Waals surface area (Å²) in [5.41, 5.74) is 5.00. The second kappa shape index (κ2) is 5.20. The minimum Gasteiger partial charge on any atom is -0.459 e. The van der Waals surface area contributed by atoms with E-state index in [0.717, 1.165) is 0 Å². The average molecular weight is 147 g/mol. The molecule has 0 aliphatic heterocycles. The van der Waals surface area contributed by atoms with Crippen LogP contribution >= 0.6 is 0 Å². The molecule has 0 aliphatic carbocycles. The molecule has 0 bridgehead atoms. The molecule has 0 fully saturated rings. The van der Waals surface area contributed by atoms with Crippen LogP contribution in [0.3, 0.4) is 0 Å². The maximum absolute atomic E-state index is 10.5. The molecule has 0 amide bonds. The molecule has 10 heavy (non-hydrogen) atoms. The normalized spacial score (nSPS) is 12.7. The van der Waals surface area contributed by atoms with E-state index in [-0.39, 0.29) is 12.6 Å². The summed E-state index contributed by atoms with van der Waals surface area (Å²) in [5, 5.41) is 0. The summed E-state index contributed by atoms with van der Waals surface area (Å²) in [5.74, 6) is -0.399. The monoisotopic (exact) mass is 147 g/mol. The molecular formula is C6H13NO3. The Labute approximate surface area is 60.3 Å². The quantitative estimate of drug-likeness (QED) is 0.546. The van der Waals surface area contributed by atoms with Gasteiger partial charge in [-0.05, 0) is 6.92 Å². The largest absolute Gasteiger partial charge is 0.459 e. The van der Waals surface area contributed by atoms with Gasteiger partial charge in [0.15, 0.2) is 0 Å². The summed E-state index contributed by atoms with van der Waals surface area (Å²) < 4.78 is 9.48. The fourth-order valence-corrected chi connectivity index (χ4v) is 0.541. The third kappa shape index (κ3) is 4.29. The van der Waals surface area contributed by atoms with Gasteiger partial charge in [-0.1, -0.05) is 0 Å². The van der Waals surface area contributed by atoms with Crippen LogP contribution in [0.5, 0.6) is 0 Å². The topological polar surface area (TPSA) is 61.5 Å². The third-order valence-corrected chi connectivity index (χ3v) is 0.901. The van der Waals surface area contributed by atoms with Gasteiger partial charge in [-0.3, -0.25) is 4.79 Å². The zero-order chi connectivity index (χ0) is 7.98. The van der Waals surface area contributed by atoms with Crippen molar-refractivity contribution in [1.29, 1.82) is 0 Å². The number of methoxy groups -OCH3 is 1. The Morgan fingerprint density at radius 1 is 1.70 bits per heavy atom. The Bertz CT molecular complexity index is 105. The zero-order valence-electron chi connectivity index (χ0n) is 6.29. The van der Waals surface area contributed by atoms with Gasteiger partial charge in [0.2, 0.25) is 0 Å². The molecule has 60 valence electrons. The summed E-state index contributed by atoms with van der Waals surface area (Å²) in [4.78, 5) is 10.5. The van der Waals surface area contributed by atoms with Crippen LogP contribution < -0.4 is 5.73 Å². The van der Waals surface area contributed by atoms with Gasteiger partial charge >= 0.3 is 5.97 Å². The van der Waals surface area contributed by atoms with E-state index in [1.54, 1.807) is 14.0 Å². The molecule has 0 aromatic carbocycles. The van der Waals surface area contributed by atoms with Crippen molar-refractivity contribution in [3.8, 4) is 0 Å². The summed E-state index contributed by atoms with van der Waals surface area (Å²) in [7, 11) is 1.55. The molecule has 0 rings (SSSR count). The highest BCUT2D eigenvalue weighted by atomic mass is 16.6. The molecule has 0 spiro atoms. The van der Waals surface area contributed by atoms with Gasteiger partial charge in [-0.25, -0.2) is 0 Å². The summed E-state index contributed by atoms with van der Waals surface area (Å²) in [6, 6.07) is 0. The van der Waals surface area contributed by atoms with E-state index in [9.17, 15) is 4.79 Å². The van der Waals surface area contributed by atoms with Crippen LogP contribution in [0.4, 0.5) is 0 Å². The molecule has 0 aromatic heterocycles. The Balaban J connectivity index is 3.37. The van der Waals surface area contributed by atoms with Gasteiger partial charge in [0, 0.05) is 7.11 Å². The number of rotatable bonds is 4. The van der Waals surface area contributed by atoms with E-state index in [4.69, 9.17) is 15.2 Å². The lowest BCUT2D eigenvalue weighted by Gasteiger charge is -2.10. The van der Waals surface area contributed by atoms with Crippen molar-refractivity contribution in [3.63, 3.8) is 0 Å². The van der Waals surface area contributed by atoms with Gasteiger partial charge in [-0.2, -0.15) is 0 Å². The number of hydrogen-bond donors (Lipinski definition) is 1. The van der Waals surface area contributed by atoms with E-state index in [0.29, 0.717) is 6.61 Å².